The summed E-state index contributed by atoms with van der Waals surface area (Å²) in [7, 11) is 0. The van der Waals surface area contributed by atoms with Gasteiger partial charge in [-0.2, -0.15) is 0 Å². The maximum Gasteiger partial charge on any atom is 0.0472 e. The van der Waals surface area contributed by atoms with Gasteiger partial charge in [0.15, 0.2) is 0 Å². The Labute approximate surface area is 79.4 Å². The molecule has 1 aromatic carbocycles. The van der Waals surface area contributed by atoms with E-state index in [1.54, 1.807) is 0 Å². The Hall–Kier alpha value is -1.02. The van der Waals surface area contributed by atoms with Crippen molar-refractivity contribution in [3.05, 3.63) is 29.3 Å². The van der Waals surface area contributed by atoms with Crippen molar-refractivity contribution in [3.8, 4) is 0 Å². The Kier molecular flexibility index (Phi) is 3.32. The molecule has 0 radical (unpaired) electrons. The molecule has 1 rings (SSSR count). The standard InChI is InChI=1S/C11H17NO/c1-8(2)9-3-4-11(12)10(7-9)5-6-13/h3-4,7-8,13H,5-6,12H2,1-2H3. The first-order chi connectivity index (χ1) is 6.15. The van der Waals surface area contributed by atoms with Gasteiger partial charge in [0, 0.05) is 12.3 Å². The van der Waals surface area contributed by atoms with Gasteiger partial charge in [-0.25, -0.2) is 0 Å². The van der Waals surface area contributed by atoms with Crippen LogP contribution in [0.2, 0.25) is 0 Å². The molecule has 0 heterocycles. The molecule has 0 aliphatic rings. The summed E-state index contributed by atoms with van der Waals surface area (Å²) < 4.78 is 0. The number of nitrogen functional groups attached to an aromatic ring is 1. The summed E-state index contributed by atoms with van der Waals surface area (Å²) in [5, 5.41) is 8.82. The van der Waals surface area contributed by atoms with Crippen molar-refractivity contribution in [1.82, 2.24) is 0 Å². The molecular weight excluding hydrogens is 162 g/mol. The summed E-state index contributed by atoms with van der Waals surface area (Å²) >= 11 is 0. The lowest BCUT2D eigenvalue weighted by Gasteiger charge is -2.09. The molecule has 1 aromatic rings. The zero-order valence-electron chi connectivity index (χ0n) is 8.25. The number of anilines is 1. The number of hydrogen-bond donors (Lipinski definition) is 2. The summed E-state index contributed by atoms with van der Waals surface area (Å²) in [6, 6.07) is 6.04. The zero-order chi connectivity index (χ0) is 9.84. The van der Waals surface area contributed by atoms with Crippen LogP contribution in [0.3, 0.4) is 0 Å². The van der Waals surface area contributed by atoms with Gasteiger partial charge in [-0.05, 0) is 29.5 Å². The predicted molar refractivity (Wildman–Crippen MR) is 55.7 cm³/mol. The van der Waals surface area contributed by atoms with Crippen LogP contribution < -0.4 is 5.73 Å². The highest BCUT2D eigenvalue weighted by Gasteiger charge is 2.03. The molecule has 0 aliphatic carbocycles. The molecule has 0 fully saturated rings. The normalized spacial score (nSPS) is 10.8. The van der Waals surface area contributed by atoms with E-state index in [2.05, 4.69) is 19.9 Å². The molecule has 2 nitrogen and oxygen atoms in total. The van der Waals surface area contributed by atoms with Crippen LogP contribution in [-0.4, -0.2) is 11.7 Å². The Bertz CT molecular complexity index is 281. The van der Waals surface area contributed by atoms with Crippen LogP contribution in [0.4, 0.5) is 5.69 Å². The zero-order valence-corrected chi connectivity index (χ0v) is 8.25. The minimum absolute atomic E-state index is 0.158. The lowest BCUT2D eigenvalue weighted by Crippen LogP contribution is -1.99. The highest BCUT2D eigenvalue weighted by Crippen LogP contribution is 2.20. The molecule has 0 amide bonds. The molecule has 0 unspecified atom stereocenters. The highest BCUT2D eigenvalue weighted by atomic mass is 16.2. The van der Waals surface area contributed by atoms with E-state index in [9.17, 15) is 0 Å². The van der Waals surface area contributed by atoms with Gasteiger partial charge in [0.05, 0.1) is 0 Å². The first-order valence-corrected chi connectivity index (χ1v) is 4.64. The molecule has 0 spiro atoms. The minimum Gasteiger partial charge on any atom is -0.399 e. The van der Waals surface area contributed by atoms with E-state index in [4.69, 9.17) is 10.8 Å². The summed E-state index contributed by atoms with van der Waals surface area (Å²) in [4.78, 5) is 0. The van der Waals surface area contributed by atoms with Crippen molar-refractivity contribution in [1.29, 1.82) is 0 Å². The van der Waals surface area contributed by atoms with Crippen molar-refractivity contribution in [3.63, 3.8) is 0 Å². The van der Waals surface area contributed by atoms with Crippen LogP contribution in [0.5, 0.6) is 0 Å². The second-order valence-corrected chi connectivity index (χ2v) is 3.59. The third-order valence-corrected chi connectivity index (χ3v) is 2.21. The molecule has 72 valence electrons. The van der Waals surface area contributed by atoms with Gasteiger partial charge in [0.25, 0.3) is 0 Å². The second kappa shape index (κ2) is 4.28. The van der Waals surface area contributed by atoms with Gasteiger partial charge >= 0.3 is 0 Å². The fourth-order valence-electron chi connectivity index (χ4n) is 1.32. The van der Waals surface area contributed by atoms with Crippen molar-refractivity contribution in [2.45, 2.75) is 26.2 Å². The lowest BCUT2D eigenvalue weighted by atomic mass is 9.99. The molecule has 3 N–H and O–H groups in total. The van der Waals surface area contributed by atoms with Gasteiger partial charge in [-0.3, -0.25) is 0 Å². The maximum absolute atomic E-state index is 8.82. The second-order valence-electron chi connectivity index (χ2n) is 3.59. The fourth-order valence-corrected chi connectivity index (χ4v) is 1.32. The van der Waals surface area contributed by atoms with Crippen molar-refractivity contribution in [2.24, 2.45) is 0 Å². The Morgan fingerprint density at radius 2 is 2.08 bits per heavy atom. The molecule has 0 saturated carbocycles. The van der Waals surface area contributed by atoms with Crippen LogP contribution in [0.1, 0.15) is 30.9 Å². The Morgan fingerprint density at radius 1 is 1.38 bits per heavy atom. The number of nitrogens with two attached hydrogens (primary N) is 1. The molecule has 0 saturated heterocycles. The fraction of sp³-hybridized carbons (Fsp3) is 0.455. The van der Waals surface area contributed by atoms with E-state index in [1.807, 2.05) is 12.1 Å². The molecule has 0 aliphatic heterocycles. The molecule has 0 bridgehead atoms. The first kappa shape index (κ1) is 10.1. The quantitative estimate of drug-likeness (QED) is 0.696. The van der Waals surface area contributed by atoms with Gasteiger partial charge in [-0.1, -0.05) is 26.0 Å². The highest BCUT2D eigenvalue weighted by molar-refractivity contribution is 5.49. The molecule has 13 heavy (non-hydrogen) atoms. The third-order valence-electron chi connectivity index (χ3n) is 2.21. The van der Waals surface area contributed by atoms with Gasteiger partial charge in [0.2, 0.25) is 0 Å². The van der Waals surface area contributed by atoms with Crippen LogP contribution >= 0.6 is 0 Å². The van der Waals surface area contributed by atoms with Gasteiger partial charge in [0.1, 0.15) is 0 Å². The van der Waals surface area contributed by atoms with Crippen LogP contribution in [-0.2, 0) is 6.42 Å². The van der Waals surface area contributed by atoms with Crippen LogP contribution in [0.25, 0.3) is 0 Å². The van der Waals surface area contributed by atoms with Crippen LogP contribution in [0, 0.1) is 0 Å². The van der Waals surface area contributed by atoms with Gasteiger partial charge < -0.3 is 10.8 Å². The van der Waals surface area contributed by atoms with Crippen LogP contribution in [0.15, 0.2) is 18.2 Å². The topological polar surface area (TPSA) is 46.2 Å². The number of aliphatic hydroxyl groups excluding tert-OH is 1. The van der Waals surface area contributed by atoms with E-state index in [1.165, 1.54) is 5.56 Å². The largest absolute Gasteiger partial charge is 0.399 e. The Morgan fingerprint density at radius 3 is 2.62 bits per heavy atom. The monoisotopic (exact) mass is 179 g/mol. The first-order valence-electron chi connectivity index (χ1n) is 4.64. The number of rotatable bonds is 3. The molecular formula is C11H17NO. The summed E-state index contributed by atoms with van der Waals surface area (Å²) in [6.07, 6.45) is 0.645. The van der Waals surface area contributed by atoms with Gasteiger partial charge in [-0.15, -0.1) is 0 Å². The number of hydrogen-bond acceptors (Lipinski definition) is 2. The number of benzene rings is 1. The number of aliphatic hydroxyl groups is 1. The SMILES string of the molecule is CC(C)c1ccc(N)c(CCO)c1. The van der Waals surface area contributed by atoms with Crippen molar-refractivity contribution < 1.29 is 5.11 Å². The summed E-state index contributed by atoms with van der Waals surface area (Å²) in [6.45, 7) is 4.45. The van der Waals surface area contributed by atoms with E-state index in [0.29, 0.717) is 12.3 Å². The average Bonchev–Trinajstić information content (AvgIpc) is 2.08. The van der Waals surface area contributed by atoms with E-state index in [-0.39, 0.29) is 6.61 Å². The van der Waals surface area contributed by atoms with E-state index in [0.717, 1.165) is 11.3 Å². The average molecular weight is 179 g/mol. The summed E-state index contributed by atoms with van der Waals surface area (Å²) in [5.41, 5.74) is 8.87. The molecule has 2 heteroatoms. The molecule has 0 aromatic heterocycles. The van der Waals surface area contributed by atoms with Crippen molar-refractivity contribution >= 4 is 5.69 Å². The predicted octanol–water partition coefficient (Wildman–Crippen LogP) is 1.93. The Balaban J connectivity index is 2.97. The smallest absolute Gasteiger partial charge is 0.0472 e. The summed E-state index contributed by atoms with van der Waals surface area (Å²) in [5.74, 6) is 0.512. The van der Waals surface area contributed by atoms with E-state index < -0.39 is 0 Å². The molecule has 0 atom stereocenters. The minimum atomic E-state index is 0.158. The lowest BCUT2D eigenvalue weighted by molar-refractivity contribution is 0.300. The maximum atomic E-state index is 8.82. The van der Waals surface area contributed by atoms with E-state index >= 15 is 0 Å². The third kappa shape index (κ3) is 2.46. The van der Waals surface area contributed by atoms with Crippen molar-refractivity contribution in [2.75, 3.05) is 12.3 Å².